The van der Waals surface area contributed by atoms with Crippen LogP contribution in [0.3, 0.4) is 0 Å². The fourth-order valence-electron chi connectivity index (χ4n) is 2.75. The standard InChI is InChI=1S/C19H28N2O3S2/c22-17-9-3-2-8-16(17)19(24)21-13-6-5-12-20-18(23)10-4-1-7-15-11-14-25-26-15/h2-3,8-9,15,22H,1,4-7,10-14H2,(H,20,23)(H,21,24). The monoisotopic (exact) mass is 396 g/mol. The summed E-state index contributed by atoms with van der Waals surface area (Å²) < 4.78 is 0. The number of unbranched alkanes of at least 4 members (excludes halogenated alkanes) is 2. The number of nitrogens with one attached hydrogen (secondary N) is 2. The van der Waals surface area contributed by atoms with Crippen molar-refractivity contribution in [1.82, 2.24) is 10.6 Å². The van der Waals surface area contributed by atoms with Gasteiger partial charge in [-0.05, 0) is 44.2 Å². The fraction of sp³-hybridized carbons (Fsp3) is 0.579. The van der Waals surface area contributed by atoms with Gasteiger partial charge in [0.25, 0.3) is 5.91 Å². The molecule has 1 saturated heterocycles. The molecule has 1 aromatic rings. The molecule has 1 fully saturated rings. The second-order valence-corrected chi connectivity index (χ2v) is 9.19. The predicted octanol–water partition coefficient (Wildman–Crippen LogP) is 3.73. The van der Waals surface area contributed by atoms with Gasteiger partial charge in [-0.1, -0.05) is 40.1 Å². The number of hydrogen-bond acceptors (Lipinski definition) is 5. The number of hydrogen-bond donors (Lipinski definition) is 3. The van der Waals surface area contributed by atoms with Gasteiger partial charge in [0.15, 0.2) is 0 Å². The Hall–Kier alpha value is -1.34. The van der Waals surface area contributed by atoms with Crippen molar-refractivity contribution in [3.05, 3.63) is 29.8 Å². The van der Waals surface area contributed by atoms with Gasteiger partial charge in [-0.3, -0.25) is 9.59 Å². The van der Waals surface area contributed by atoms with E-state index >= 15 is 0 Å². The van der Waals surface area contributed by atoms with E-state index in [9.17, 15) is 14.7 Å². The zero-order valence-electron chi connectivity index (χ0n) is 15.0. The van der Waals surface area contributed by atoms with Crippen LogP contribution in [0.1, 0.15) is 55.3 Å². The van der Waals surface area contributed by atoms with Crippen molar-refractivity contribution in [2.24, 2.45) is 0 Å². The molecular weight excluding hydrogens is 368 g/mol. The Balaban J connectivity index is 1.44. The van der Waals surface area contributed by atoms with Crippen LogP contribution in [-0.4, -0.2) is 41.0 Å². The number of para-hydroxylation sites is 1. The maximum atomic E-state index is 11.9. The van der Waals surface area contributed by atoms with E-state index in [1.165, 1.54) is 24.7 Å². The van der Waals surface area contributed by atoms with Gasteiger partial charge in [-0.25, -0.2) is 0 Å². The topological polar surface area (TPSA) is 78.4 Å². The molecule has 3 N–H and O–H groups in total. The highest BCUT2D eigenvalue weighted by molar-refractivity contribution is 8.77. The number of phenolic OH excluding ortho intramolecular Hbond substituents is 1. The van der Waals surface area contributed by atoms with Crippen LogP contribution < -0.4 is 10.6 Å². The molecule has 2 amide bonds. The zero-order valence-corrected chi connectivity index (χ0v) is 16.7. The number of carbonyl (C=O) groups excluding carboxylic acids is 2. The summed E-state index contributed by atoms with van der Waals surface area (Å²) >= 11 is 0. The van der Waals surface area contributed by atoms with Gasteiger partial charge in [0.2, 0.25) is 5.91 Å². The van der Waals surface area contributed by atoms with Gasteiger partial charge in [0.05, 0.1) is 5.56 Å². The second kappa shape index (κ2) is 12.1. The minimum absolute atomic E-state index is 0.0115. The molecule has 7 heteroatoms. The summed E-state index contributed by atoms with van der Waals surface area (Å²) in [5.74, 6) is 1.10. The van der Waals surface area contributed by atoms with Crippen molar-refractivity contribution in [2.75, 3.05) is 18.8 Å². The van der Waals surface area contributed by atoms with Gasteiger partial charge >= 0.3 is 0 Å². The Morgan fingerprint density at radius 2 is 1.85 bits per heavy atom. The molecule has 0 bridgehead atoms. The highest BCUT2D eigenvalue weighted by Crippen LogP contribution is 2.39. The summed E-state index contributed by atoms with van der Waals surface area (Å²) in [4.78, 5) is 23.7. The SMILES string of the molecule is O=C(CCCCC1CCSS1)NCCCCNC(=O)c1ccccc1O. The zero-order chi connectivity index (χ0) is 18.6. The summed E-state index contributed by atoms with van der Waals surface area (Å²) in [5.41, 5.74) is 0.287. The van der Waals surface area contributed by atoms with Crippen LogP contribution in [0, 0.1) is 0 Å². The first-order valence-electron chi connectivity index (χ1n) is 9.28. The molecule has 1 aliphatic rings. The molecule has 0 spiro atoms. The number of phenols is 1. The van der Waals surface area contributed by atoms with E-state index in [1.807, 2.05) is 21.6 Å². The van der Waals surface area contributed by atoms with E-state index in [0.717, 1.165) is 30.9 Å². The van der Waals surface area contributed by atoms with Crippen LogP contribution in [0.5, 0.6) is 5.75 Å². The molecule has 2 rings (SSSR count). The first kappa shape index (κ1) is 21.0. The molecule has 0 saturated carbocycles. The highest BCUT2D eigenvalue weighted by Gasteiger charge is 2.15. The van der Waals surface area contributed by atoms with Gasteiger partial charge in [-0.2, -0.15) is 0 Å². The van der Waals surface area contributed by atoms with E-state index in [1.54, 1.807) is 18.2 Å². The van der Waals surface area contributed by atoms with Crippen LogP contribution in [0.15, 0.2) is 24.3 Å². The number of carbonyl (C=O) groups is 2. The summed E-state index contributed by atoms with van der Waals surface area (Å²) in [7, 11) is 3.96. The Morgan fingerprint density at radius 3 is 2.58 bits per heavy atom. The van der Waals surface area contributed by atoms with Crippen molar-refractivity contribution in [2.45, 2.75) is 50.2 Å². The van der Waals surface area contributed by atoms with Gasteiger partial charge < -0.3 is 15.7 Å². The lowest BCUT2D eigenvalue weighted by Gasteiger charge is -2.08. The Morgan fingerprint density at radius 1 is 1.08 bits per heavy atom. The largest absolute Gasteiger partial charge is 0.507 e. The van der Waals surface area contributed by atoms with E-state index in [2.05, 4.69) is 10.6 Å². The number of aromatic hydroxyl groups is 1. The highest BCUT2D eigenvalue weighted by atomic mass is 33.1. The second-order valence-electron chi connectivity index (χ2n) is 6.40. The maximum absolute atomic E-state index is 11.9. The molecule has 5 nitrogen and oxygen atoms in total. The molecule has 0 aromatic heterocycles. The first-order valence-corrected chi connectivity index (χ1v) is 11.7. The lowest BCUT2D eigenvalue weighted by molar-refractivity contribution is -0.121. The molecular formula is C19H28N2O3S2. The molecule has 0 radical (unpaired) electrons. The van der Waals surface area contributed by atoms with Crippen LogP contribution >= 0.6 is 21.6 Å². The first-order chi connectivity index (χ1) is 12.7. The Kier molecular flexibility index (Phi) is 9.77. The lowest BCUT2D eigenvalue weighted by atomic mass is 10.1. The quantitative estimate of drug-likeness (QED) is 0.392. The minimum atomic E-state index is -0.272. The summed E-state index contributed by atoms with van der Waals surface area (Å²) in [6.45, 7) is 1.17. The number of benzene rings is 1. The molecule has 1 unspecified atom stereocenters. The summed E-state index contributed by atoms with van der Waals surface area (Å²) in [6.07, 6.45) is 6.84. The van der Waals surface area contributed by atoms with Gasteiger partial charge in [0.1, 0.15) is 5.75 Å². The number of amides is 2. The van der Waals surface area contributed by atoms with Crippen LogP contribution in [0.4, 0.5) is 0 Å². The third-order valence-corrected chi connectivity index (χ3v) is 7.27. The van der Waals surface area contributed by atoms with Gasteiger partial charge in [0, 0.05) is 30.5 Å². The van der Waals surface area contributed by atoms with E-state index < -0.39 is 0 Å². The van der Waals surface area contributed by atoms with Crippen molar-refractivity contribution < 1.29 is 14.7 Å². The maximum Gasteiger partial charge on any atom is 0.255 e. The molecule has 26 heavy (non-hydrogen) atoms. The van der Waals surface area contributed by atoms with Crippen molar-refractivity contribution in [3.8, 4) is 5.75 Å². The van der Waals surface area contributed by atoms with Crippen molar-refractivity contribution in [3.63, 3.8) is 0 Å². The van der Waals surface area contributed by atoms with Crippen LogP contribution in [0.2, 0.25) is 0 Å². The third kappa shape index (κ3) is 7.91. The summed E-state index contributed by atoms with van der Waals surface area (Å²) in [6, 6.07) is 6.49. The minimum Gasteiger partial charge on any atom is -0.507 e. The normalized spacial score (nSPS) is 16.4. The molecule has 0 aliphatic carbocycles. The third-order valence-electron chi connectivity index (χ3n) is 4.27. The van der Waals surface area contributed by atoms with Crippen molar-refractivity contribution >= 4 is 33.4 Å². The molecule has 1 atom stereocenters. The van der Waals surface area contributed by atoms with E-state index in [0.29, 0.717) is 19.5 Å². The van der Waals surface area contributed by atoms with Gasteiger partial charge in [-0.15, -0.1) is 0 Å². The Labute approximate surface area is 163 Å². The van der Waals surface area contributed by atoms with E-state index in [-0.39, 0.29) is 23.1 Å². The van der Waals surface area contributed by atoms with Crippen LogP contribution in [0.25, 0.3) is 0 Å². The fourth-order valence-corrected chi connectivity index (χ4v) is 5.78. The number of rotatable bonds is 11. The Bertz CT molecular complexity index is 578. The van der Waals surface area contributed by atoms with E-state index in [4.69, 9.17) is 0 Å². The molecule has 1 aromatic carbocycles. The molecule has 1 heterocycles. The molecule has 144 valence electrons. The van der Waals surface area contributed by atoms with Crippen LogP contribution in [-0.2, 0) is 4.79 Å². The predicted molar refractivity (Wildman–Crippen MR) is 110 cm³/mol. The molecule has 1 aliphatic heterocycles. The average Bonchev–Trinajstić information content (AvgIpc) is 3.15. The summed E-state index contributed by atoms with van der Waals surface area (Å²) in [5, 5.41) is 16.1. The lowest BCUT2D eigenvalue weighted by Crippen LogP contribution is -2.27. The van der Waals surface area contributed by atoms with Crippen molar-refractivity contribution in [1.29, 1.82) is 0 Å². The average molecular weight is 397 g/mol. The smallest absolute Gasteiger partial charge is 0.255 e.